The van der Waals surface area contributed by atoms with E-state index in [-0.39, 0.29) is 12.5 Å². The molecule has 1 atom stereocenters. The second kappa shape index (κ2) is 7.98. The van der Waals surface area contributed by atoms with E-state index in [9.17, 15) is 4.79 Å². The number of piperidine rings is 1. The van der Waals surface area contributed by atoms with E-state index in [1.54, 1.807) is 11.3 Å². The first kappa shape index (κ1) is 18.4. The summed E-state index contributed by atoms with van der Waals surface area (Å²) >= 11 is 5.24. The quantitative estimate of drug-likeness (QED) is 0.558. The van der Waals surface area contributed by atoms with Crippen LogP contribution in [-0.2, 0) is 4.79 Å². The van der Waals surface area contributed by atoms with E-state index < -0.39 is 0 Å². The summed E-state index contributed by atoms with van der Waals surface area (Å²) in [5, 5.41) is 1.14. The number of ether oxygens (including phenoxy) is 1. The first-order valence-electron chi connectivity index (χ1n) is 9.12. The molecule has 6 heteroatoms. The molecule has 0 radical (unpaired) electrons. The molecule has 1 unspecified atom stereocenters. The molecule has 2 aromatic carbocycles. The van der Waals surface area contributed by atoms with Crippen LogP contribution in [0.5, 0.6) is 5.75 Å². The minimum atomic E-state index is 0.0355. The van der Waals surface area contributed by atoms with Crippen LogP contribution in [0.25, 0.3) is 10.2 Å². The lowest BCUT2D eigenvalue weighted by Gasteiger charge is -2.31. The van der Waals surface area contributed by atoms with Crippen LogP contribution < -0.4 is 4.74 Å². The number of likely N-dealkylation sites (tertiary alicyclic amines) is 1. The van der Waals surface area contributed by atoms with E-state index in [0.717, 1.165) is 46.5 Å². The van der Waals surface area contributed by atoms with Gasteiger partial charge in [0.2, 0.25) is 0 Å². The van der Waals surface area contributed by atoms with E-state index in [0.29, 0.717) is 11.7 Å². The Morgan fingerprint density at radius 3 is 3.00 bits per heavy atom. The highest BCUT2D eigenvalue weighted by molar-refractivity contribution is 9.10. The van der Waals surface area contributed by atoms with Gasteiger partial charge in [0, 0.05) is 19.0 Å². The van der Waals surface area contributed by atoms with Gasteiger partial charge in [-0.1, -0.05) is 18.2 Å². The average Bonchev–Trinajstić information content (AvgIpc) is 3.11. The molecule has 2 heterocycles. The maximum Gasteiger partial charge on any atom is 0.260 e. The fourth-order valence-electron chi connectivity index (χ4n) is 3.42. The Kier molecular flexibility index (Phi) is 5.45. The Morgan fingerprint density at radius 1 is 1.33 bits per heavy atom. The third-order valence-electron chi connectivity index (χ3n) is 4.87. The van der Waals surface area contributed by atoms with E-state index in [2.05, 4.69) is 22.0 Å². The lowest BCUT2D eigenvalue weighted by molar-refractivity contribution is -0.134. The largest absolute Gasteiger partial charge is 0.483 e. The Bertz CT molecular complexity index is 939. The number of hydrogen-bond donors (Lipinski definition) is 0. The van der Waals surface area contributed by atoms with Crippen LogP contribution in [-0.4, -0.2) is 35.5 Å². The number of fused-ring (bicyclic) bond motifs is 1. The molecule has 140 valence electrons. The molecule has 27 heavy (non-hydrogen) atoms. The number of benzene rings is 2. The summed E-state index contributed by atoms with van der Waals surface area (Å²) < 4.78 is 7.83. The van der Waals surface area contributed by atoms with Gasteiger partial charge in [-0.3, -0.25) is 4.79 Å². The Balaban J connectivity index is 1.40. The minimum absolute atomic E-state index is 0.0355. The number of hydrogen-bond acceptors (Lipinski definition) is 4. The van der Waals surface area contributed by atoms with Crippen molar-refractivity contribution in [3.63, 3.8) is 0 Å². The smallest absolute Gasteiger partial charge is 0.260 e. The number of amides is 1. The summed E-state index contributed by atoms with van der Waals surface area (Å²) in [6.45, 7) is 3.60. The van der Waals surface area contributed by atoms with Crippen molar-refractivity contribution in [2.24, 2.45) is 0 Å². The van der Waals surface area contributed by atoms with Crippen LogP contribution in [0.4, 0.5) is 0 Å². The van der Waals surface area contributed by atoms with Gasteiger partial charge >= 0.3 is 0 Å². The number of thiazole rings is 1. The summed E-state index contributed by atoms with van der Waals surface area (Å²) in [5.74, 6) is 1.05. The fraction of sp³-hybridized carbons (Fsp3) is 0.333. The van der Waals surface area contributed by atoms with E-state index >= 15 is 0 Å². The van der Waals surface area contributed by atoms with Crippen LogP contribution in [0.15, 0.2) is 46.9 Å². The summed E-state index contributed by atoms with van der Waals surface area (Å²) in [6.07, 6.45) is 2.08. The maximum atomic E-state index is 12.7. The second-order valence-corrected chi connectivity index (χ2v) is 8.84. The molecule has 3 aromatic rings. The molecule has 0 N–H and O–H groups in total. The van der Waals surface area contributed by atoms with Gasteiger partial charge in [0.15, 0.2) is 6.61 Å². The molecule has 1 fully saturated rings. The SMILES string of the molecule is Cc1ccc(OCC(=O)N2CCCC(c3nc4ccccc4s3)C2)c(Br)c1. The van der Waals surface area contributed by atoms with Gasteiger partial charge in [-0.15, -0.1) is 11.3 Å². The Hall–Kier alpha value is -1.92. The highest BCUT2D eigenvalue weighted by Crippen LogP contribution is 2.33. The lowest BCUT2D eigenvalue weighted by Crippen LogP contribution is -2.41. The van der Waals surface area contributed by atoms with Gasteiger partial charge in [-0.25, -0.2) is 4.98 Å². The van der Waals surface area contributed by atoms with Crippen LogP contribution in [0, 0.1) is 6.92 Å². The fourth-order valence-corrected chi connectivity index (χ4v) is 5.12. The first-order valence-corrected chi connectivity index (χ1v) is 10.7. The van der Waals surface area contributed by atoms with Gasteiger partial charge in [-0.05, 0) is 65.5 Å². The topological polar surface area (TPSA) is 42.4 Å². The zero-order valence-corrected chi connectivity index (χ0v) is 17.6. The van der Waals surface area contributed by atoms with Gasteiger partial charge in [0.25, 0.3) is 5.91 Å². The molecule has 1 amide bonds. The molecule has 1 aliphatic heterocycles. The number of aryl methyl sites for hydroxylation is 1. The summed E-state index contributed by atoms with van der Waals surface area (Å²) in [6, 6.07) is 14.1. The average molecular weight is 445 g/mol. The molecule has 0 bridgehead atoms. The van der Waals surface area contributed by atoms with Crippen LogP contribution in [0.3, 0.4) is 0 Å². The molecule has 1 aliphatic rings. The zero-order valence-electron chi connectivity index (χ0n) is 15.2. The first-order chi connectivity index (χ1) is 13.1. The van der Waals surface area contributed by atoms with Gasteiger partial charge in [0.05, 0.1) is 19.7 Å². The van der Waals surface area contributed by atoms with Gasteiger partial charge in [-0.2, -0.15) is 0 Å². The van der Waals surface area contributed by atoms with Crippen molar-refractivity contribution in [1.29, 1.82) is 0 Å². The molecular weight excluding hydrogens is 424 g/mol. The third kappa shape index (κ3) is 4.17. The number of rotatable bonds is 4. The second-order valence-electron chi connectivity index (χ2n) is 6.92. The number of para-hydroxylation sites is 1. The monoisotopic (exact) mass is 444 g/mol. The summed E-state index contributed by atoms with van der Waals surface area (Å²) in [4.78, 5) is 19.4. The standard InChI is InChI=1S/C21H21BrN2O2S/c1-14-8-9-18(16(22)11-14)26-13-20(25)24-10-4-5-15(12-24)21-23-17-6-2-3-7-19(17)27-21/h2-3,6-9,11,15H,4-5,10,12-13H2,1H3. The van der Waals surface area contributed by atoms with Crippen molar-refractivity contribution in [2.45, 2.75) is 25.7 Å². The summed E-state index contributed by atoms with van der Waals surface area (Å²) in [7, 11) is 0. The number of nitrogens with zero attached hydrogens (tertiary/aromatic N) is 2. The van der Waals surface area contributed by atoms with Crippen molar-refractivity contribution >= 4 is 43.4 Å². The predicted octanol–water partition coefficient (Wildman–Crippen LogP) is 5.15. The highest BCUT2D eigenvalue weighted by atomic mass is 79.9. The molecule has 1 saturated heterocycles. The number of carbonyl (C=O) groups is 1. The molecule has 4 nitrogen and oxygen atoms in total. The van der Waals surface area contributed by atoms with Crippen molar-refractivity contribution in [3.05, 3.63) is 57.5 Å². The summed E-state index contributed by atoms with van der Waals surface area (Å²) in [5.41, 5.74) is 2.20. The number of halogens is 1. The van der Waals surface area contributed by atoms with Gasteiger partial charge in [0.1, 0.15) is 5.75 Å². The van der Waals surface area contributed by atoms with Crippen molar-refractivity contribution < 1.29 is 9.53 Å². The van der Waals surface area contributed by atoms with Gasteiger partial charge < -0.3 is 9.64 Å². The highest BCUT2D eigenvalue weighted by Gasteiger charge is 2.27. The molecule has 0 aliphatic carbocycles. The van der Waals surface area contributed by atoms with Crippen LogP contribution >= 0.6 is 27.3 Å². The van der Waals surface area contributed by atoms with E-state index in [1.807, 2.05) is 48.2 Å². The molecule has 0 saturated carbocycles. The Labute approximate surface area is 171 Å². The molecule has 1 aromatic heterocycles. The zero-order chi connectivity index (χ0) is 18.8. The molecular formula is C21H21BrN2O2S. The van der Waals surface area contributed by atoms with Crippen molar-refractivity contribution in [3.8, 4) is 5.75 Å². The Morgan fingerprint density at radius 2 is 2.19 bits per heavy atom. The minimum Gasteiger partial charge on any atom is -0.483 e. The van der Waals surface area contributed by atoms with Crippen LogP contribution in [0.1, 0.15) is 29.3 Å². The molecule has 0 spiro atoms. The lowest BCUT2D eigenvalue weighted by atomic mass is 9.99. The van der Waals surface area contributed by atoms with Crippen molar-refractivity contribution in [1.82, 2.24) is 9.88 Å². The number of carbonyl (C=O) groups excluding carboxylic acids is 1. The molecule has 4 rings (SSSR count). The maximum absolute atomic E-state index is 12.7. The number of aromatic nitrogens is 1. The third-order valence-corrected chi connectivity index (χ3v) is 6.69. The predicted molar refractivity (Wildman–Crippen MR) is 113 cm³/mol. The van der Waals surface area contributed by atoms with E-state index in [1.165, 1.54) is 4.70 Å². The van der Waals surface area contributed by atoms with Crippen LogP contribution in [0.2, 0.25) is 0 Å². The normalized spacial score (nSPS) is 17.3. The van der Waals surface area contributed by atoms with E-state index in [4.69, 9.17) is 9.72 Å². The van der Waals surface area contributed by atoms with Crippen molar-refractivity contribution in [2.75, 3.05) is 19.7 Å².